The van der Waals surface area contributed by atoms with Crippen molar-refractivity contribution < 1.29 is 0 Å². The van der Waals surface area contributed by atoms with Gasteiger partial charge in [0.2, 0.25) is 5.95 Å². The Bertz CT molecular complexity index is 448. The average Bonchev–Trinajstić information content (AvgIpc) is 2.75. The quantitative estimate of drug-likeness (QED) is 0.881. The normalized spacial score (nSPS) is 10.4. The van der Waals surface area contributed by atoms with Crippen LogP contribution in [0.15, 0.2) is 36.7 Å². The van der Waals surface area contributed by atoms with Crippen LogP contribution in [0.3, 0.4) is 0 Å². The van der Waals surface area contributed by atoms with E-state index in [0.717, 1.165) is 29.6 Å². The van der Waals surface area contributed by atoms with Crippen LogP contribution in [-0.4, -0.2) is 16.1 Å². The van der Waals surface area contributed by atoms with Gasteiger partial charge in [-0.3, -0.25) is 4.57 Å². The molecule has 1 heterocycles. The molecular weight excluding hydrogens is 222 g/mol. The third-order valence-corrected chi connectivity index (χ3v) is 2.53. The molecule has 0 aliphatic rings. The second-order valence-electron chi connectivity index (χ2n) is 3.52. The molecule has 1 N–H and O–H groups in total. The van der Waals surface area contributed by atoms with Crippen LogP contribution in [0.1, 0.15) is 13.3 Å². The van der Waals surface area contributed by atoms with E-state index >= 15 is 0 Å². The molecule has 84 valence electrons. The third-order valence-electron chi connectivity index (χ3n) is 2.28. The Labute approximate surface area is 100 Å². The number of rotatable bonds is 4. The van der Waals surface area contributed by atoms with Gasteiger partial charge in [0.15, 0.2) is 0 Å². The minimum Gasteiger partial charge on any atom is -0.355 e. The number of hydrogen-bond acceptors (Lipinski definition) is 2. The maximum atomic E-state index is 5.86. The largest absolute Gasteiger partial charge is 0.355 e. The topological polar surface area (TPSA) is 29.9 Å². The highest BCUT2D eigenvalue weighted by molar-refractivity contribution is 6.30. The molecule has 16 heavy (non-hydrogen) atoms. The van der Waals surface area contributed by atoms with E-state index < -0.39 is 0 Å². The highest BCUT2D eigenvalue weighted by Gasteiger charge is 2.03. The zero-order valence-corrected chi connectivity index (χ0v) is 9.91. The van der Waals surface area contributed by atoms with Crippen LogP contribution in [-0.2, 0) is 0 Å². The Kier molecular flexibility index (Phi) is 3.47. The van der Waals surface area contributed by atoms with Crippen LogP contribution in [0.4, 0.5) is 5.95 Å². The van der Waals surface area contributed by atoms with Crippen LogP contribution in [0.5, 0.6) is 0 Å². The minimum atomic E-state index is 0.743. The van der Waals surface area contributed by atoms with Gasteiger partial charge in [-0.15, -0.1) is 0 Å². The number of nitrogens with zero attached hydrogens (tertiary/aromatic N) is 2. The molecule has 0 bridgehead atoms. The molecule has 4 heteroatoms. The molecule has 0 aliphatic carbocycles. The van der Waals surface area contributed by atoms with Crippen molar-refractivity contribution in [3.8, 4) is 5.69 Å². The molecule has 0 radical (unpaired) electrons. The lowest BCUT2D eigenvalue weighted by Crippen LogP contribution is -2.06. The number of nitrogens with one attached hydrogen (secondary N) is 1. The molecule has 2 rings (SSSR count). The summed E-state index contributed by atoms with van der Waals surface area (Å²) >= 11 is 5.86. The predicted octanol–water partition coefficient (Wildman–Crippen LogP) is 3.35. The first kappa shape index (κ1) is 11.0. The first-order chi connectivity index (χ1) is 7.81. The zero-order valence-electron chi connectivity index (χ0n) is 9.15. The van der Waals surface area contributed by atoms with Gasteiger partial charge in [-0.1, -0.05) is 18.5 Å². The SMILES string of the molecule is CCCNc1nccn1-c1ccc(Cl)cc1. The number of halogens is 1. The molecule has 2 aromatic rings. The van der Waals surface area contributed by atoms with Crippen molar-refractivity contribution in [1.82, 2.24) is 9.55 Å². The number of hydrogen-bond donors (Lipinski definition) is 1. The molecule has 0 spiro atoms. The second-order valence-corrected chi connectivity index (χ2v) is 3.96. The molecule has 1 aromatic heterocycles. The molecule has 0 saturated heterocycles. The van der Waals surface area contributed by atoms with Crippen LogP contribution in [0, 0.1) is 0 Å². The van der Waals surface area contributed by atoms with Gasteiger partial charge in [0.25, 0.3) is 0 Å². The van der Waals surface area contributed by atoms with Crippen molar-refractivity contribution in [2.24, 2.45) is 0 Å². The summed E-state index contributed by atoms with van der Waals surface area (Å²) in [6.07, 6.45) is 4.79. The Morgan fingerprint density at radius 1 is 1.31 bits per heavy atom. The average molecular weight is 236 g/mol. The van der Waals surface area contributed by atoms with Gasteiger partial charge in [0.1, 0.15) is 0 Å². The standard InChI is InChI=1S/C12H14ClN3/c1-2-7-14-12-15-8-9-16(12)11-5-3-10(13)4-6-11/h3-6,8-9H,2,7H2,1H3,(H,14,15). The summed E-state index contributed by atoms with van der Waals surface area (Å²) < 4.78 is 2.01. The summed E-state index contributed by atoms with van der Waals surface area (Å²) in [4.78, 5) is 4.27. The van der Waals surface area contributed by atoms with Gasteiger partial charge in [0, 0.05) is 29.6 Å². The Balaban J connectivity index is 2.26. The van der Waals surface area contributed by atoms with Gasteiger partial charge in [-0.2, -0.15) is 0 Å². The maximum absolute atomic E-state index is 5.86. The molecule has 0 amide bonds. The molecule has 1 aromatic carbocycles. The molecular formula is C12H14ClN3. The van der Waals surface area contributed by atoms with Crippen LogP contribution < -0.4 is 5.32 Å². The lowest BCUT2D eigenvalue weighted by Gasteiger charge is -2.08. The summed E-state index contributed by atoms with van der Waals surface area (Å²) in [6.45, 7) is 3.05. The Morgan fingerprint density at radius 3 is 2.75 bits per heavy atom. The summed E-state index contributed by atoms with van der Waals surface area (Å²) in [6, 6.07) is 7.70. The second kappa shape index (κ2) is 5.03. The van der Waals surface area contributed by atoms with E-state index in [-0.39, 0.29) is 0 Å². The van der Waals surface area contributed by atoms with Crippen molar-refractivity contribution in [2.75, 3.05) is 11.9 Å². The smallest absolute Gasteiger partial charge is 0.207 e. The highest BCUT2D eigenvalue weighted by atomic mass is 35.5. The van der Waals surface area contributed by atoms with Gasteiger partial charge >= 0.3 is 0 Å². The lowest BCUT2D eigenvalue weighted by atomic mass is 10.3. The maximum Gasteiger partial charge on any atom is 0.207 e. The summed E-state index contributed by atoms with van der Waals surface area (Å²) in [7, 11) is 0. The number of imidazole rings is 1. The molecule has 3 nitrogen and oxygen atoms in total. The van der Waals surface area contributed by atoms with E-state index in [4.69, 9.17) is 11.6 Å². The highest BCUT2D eigenvalue weighted by Crippen LogP contribution is 2.17. The van der Waals surface area contributed by atoms with Gasteiger partial charge in [-0.05, 0) is 30.7 Å². The first-order valence-electron chi connectivity index (χ1n) is 5.34. The number of aromatic nitrogens is 2. The molecule has 0 atom stereocenters. The summed E-state index contributed by atoms with van der Waals surface area (Å²) in [5.74, 6) is 0.865. The van der Waals surface area contributed by atoms with Crippen LogP contribution in [0.25, 0.3) is 5.69 Å². The molecule has 0 unspecified atom stereocenters. The van der Waals surface area contributed by atoms with Gasteiger partial charge in [0.05, 0.1) is 0 Å². The minimum absolute atomic E-state index is 0.743. The number of anilines is 1. The van der Waals surface area contributed by atoms with Crippen molar-refractivity contribution in [3.63, 3.8) is 0 Å². The predicted molar refractivity (Wildman–Crippen MR) is 67.4 cm³/mol. The Morgan fingerprint density at radius 2 is 2.06 bits per heavy atom. The van der Waals surface area contributed by atoms with E-state index in [2.05, 4.69) is 17.2 Å². The first-order valence-corrected chi connectivity index (χ1v) is 5.72. The van der Waals surface area contributed by atoms with E-state index in [1.807, 2.05) is 35.0 Å². The molecule has 0 aliphatic heterocycles. The Hall–Kier alpha value is -1.48. The third kappa shape index (κ3) is 2.36. The van der Waals surface area contributed by atoms with E-state index in [1.54, 1.807) is 6.20 Å². The fraction of sp³-hybridized carbons (Fsp3) is 0.250. The fourth-order valence-electron chi connectivity index (χ4n) is 1.48. The van der Waals surface area contributed by atoms with Crippen LogP contribution in [0.2, 0.25) is 5.02 Å². The summed E-state index contributed by atoms with van der Waals surface area (Å²) in [5.41, 5.74) is 1.06. The van der Waals surface area contributed by atoms with Gasteiger partial charge < -0.3 is 5.32 Å². The molecule has 0 saturated carbocycles. The van der Waals surface area contributed by atoms with E-state index in [0.29, 0.717) is 0 Å². The monoisotopic (exact) mass is 235 g/mol. The number of benzene rings is 1. The van der Waals surface area contributed by atoms with E-state index in [1.165, 1.54) is 0 Å². The lowest BCUT2D eigenvalue weighted by molar-refractivity contribution is 0.937. The van der Waals surface area contributed by atoms with Crippen molar-refractivity contribution in [2.45, 2.75) is 13.3 Å². The zero-order chi connectivity index (χ0) is 11.4. The van der Waals surface area contributed by atoms with Crippen molar-refractivity contribution in [1.29, 1.82) is 0 Å². The van der Waals surface area contributed by atoms with Gasteiger partial charge in [-0.25, -0.2) is 4.98 Å². The summed E-state index contributed by atoms with van der Waals surface area (Å²) in [5, 5.41) is 4.02. The van der Waals surface area contributed by atoms with Crippen LogP contribution >= 0.6 is 11.6 Å². The fourth-order valence-corrected chi connectivity index (χ4v) is 1.61. The molecule has 0 fully saturated rings. The van der Waals surface area contributed by atoms with Crippen molar-refractivity contribution in [3.05, 3.63) is 41.7 Å². The van der Waals surface area contributed by atoms with Crippen molar-refractivity contribution >= 4 is 17.5 Å². The van der Waals surface area contributed by atoms with E-state index in [9.17, 15) is 0 Å².